The minimum absolute atomic E-state index is 0.0505. The van der Waals surface area contributed by atoms with Gasteiger partial charge in [-0.05, 0) is 46.1 Å². The summed E-state index contributed by atoms with van der Waals surface area (Å²) >= 11 is 0. The van der Waals surface area contributed by atoms with Gasteiger partial charge in [-0.1, -0.05) is 0 Å². The molecule has 0 bridgehead atoms. The minimum Gasteiger partial charge on any atom is -0.487 e. The van der Waals surface area contributed by atoms with Gasteiger partial charge < -0.3 is 28.9 Å². The fourth-order valence-electron chi connectivity index (χ4n) is 5.15. The lowest BCUT2D eigenvalue weighted by Crippen LogP contribution is -2.45. The van der Waals surface area contributed by atoms with Gasteiger partial charge in [0.15, 0.2) is 11.6 Å². The average molecular weight is 515 g/mol. The van der Waals surface area contributed by atoms with Gasteiger partial charge in [0.2, 0.25) is 5.43 Å². The first-order valence-electron chi connectivity index (χ1n) is 12.2. The molecule has 3 atom stereocenters. The van der Waals surface area contributed by atoms with E-state index >= 15 is 4.39 Å². The molecule has 11 heteroatoms. The number of amides is 1. The molecule has 2 aliphatic heterocycles. The second kappa shape index (κ2) is 9.57. The Morgan fingerprint density at radius 1 is 1.41 bits per heavy atom. The molecule has 1 saturated heterocycles. The molecule has 3 unspecified atom stereocenters. The molecule has 1 aromatic carbocycles. The summed E-state index contributed by atoms with van der Waals surface area (Å²) in [4.78, 5) is 40.4. The number of aromatic carboxylic acids is 1. The van der Waals surface area contributed by atoms with Crippen molar-refractivity contribution in [2.45, 2.75) is 58.2 Å². The number of carbonyl (C=O) groups excluding carboxylic acids is 1. The van der Waals surface area contributed by atoms with Crippen LogP contribution < -0.4 is 15.1 Å². The summed E-state index contributed by atoms with van der Waals surface area (Å²) in [5.74, 6) is -2.01. The normalized spacial score (nSPS) is 19.8. The number of hydrogen-bond donors (Lipinski definition) is 1. The van der Waals surface area contributed by atoms with E-state index in [1.165, 1.54) is 11.1 Å². The van der Waals surface area contributed by atoms with Gasteiger partial charge in [-0.3, -0.25) is 4.79 Å². The van der Waals surface area contributed by atoms with Crippen molar-refractivity contribution >= 4 is 28.7 Å². The molecule has 1 N–H and O–H groups in total. The molecule has 1 aromatic heterocycles. The van der Waals surface area contributed by atoms with Crippen molar-refractivity contribution in [2.24, 2.45) is 5.92 Å². The lowest BCUT2D eigenvalue weighted by molar-refractivity contribution is 0.0177. The van der Waals surface area contributed by atoms with E-state index in [1.807, 2.05) is 6.92 Å². The van der Waals surface area contributed by atoms with Crippen LogP contribution in [0.1, 0.15) is 56.9 Å². The summed E-state index contributed by atoms with van der Waals surface area (Å²) in [7, 11) is 1.60. The predicted molar refractivity (Wildman–Crippen MR) is 134 cm³/mol. The molecule has 3 heterocycles. The van der Waals surface area contributed by atoms with Gasteiger partial charge >= 0.3 is 12.1 Å². The van der Waals surface area contributed by atoms with Crippen molar-refractivity contribution in [3.63, 3.8) is 0 Å². The van der Waals surface area contributed by atoms with Crippen LogP contribution in [0.5, 0.6) is 5.75 Å². The maximum atomic E-state index is 15.6. The highest BCUT2D eigenvalue weighted by Gasteiger charge is 2.38. The van der Waals surface area contributed by atoms with Gasteiger partial charge in [0.1, 0.15) is 23.5 Å². The summed E-state index contributed by atoms with van der Waals surface area (Å²) in [5.41, 5.74) is -1.34. The number of aromatic nitrogens is 1. The fraction of sp³-hybridized carbons (Fsp3) is 0.538. The fourth-order valence-corrected chi connectivity index (χ4v) is 5.15. The summed E-state index contributed by atoms with van der Waals surface area (Å²) in [6.07, 6.45) is 1.44. The summed E-state index contributed by atoms with van der Waals surface area (Å²) < 4.78 is 28.7. The van der Waals surface area contributed by atoms with E-state index in [2.05, 4.69) is 6.07 Å². The van der Waals surface area contributed by atoms with Crippen LogP contribution in [0.4, 0.5) is 14.9 Å². The topological polar surface area (TPSA) is 125 Å². The van der Waals surface area contributed by atoms with Crippen LogP contribution in [0.15, 0.2) is 17.1 Å². The standard InChI is InChI=1S/C26H31FN4O6/c1-14-13-36-23-20-16(22(32)17(24(33)34)12-31(14)20)10-18(27)21(23)30-9-7-15(11-30)19(6-8-28)29(5)25(35)37-26(2,3)4/h10,12,14-15,19H,6-7,9,11,13H2,1-5H3,(H,33,34). The Hall–Kier alpha value is -3.81. The number of carboxylic acids is 1. The molecule has 198 valence electrons. The molecule has 0 aliphatic carbocycles. The zero-order valence-corrected chi connectivity index (χ0v) is 21.6. The molecule has 1 amide bonds. The van der Waals surface area contributed by atoms with Gasteiger partial charge in [0, 0.05) is 26.3 Å². The molecule has 0 spiro atoms. The third kappa shape index (κ3) is 4.80. The van der Waals surface area contributed by atoms with E-state index in [-0.39, 0.29) is 41.8 Å². The van der Waals surface area contributed by atoms with Crippen molar-refractivity contribution in [3.8, 4) is 11.8 Å². The van der Waals surface area contributed by atoms with Crippen molar-refractivity contribution in [2.75, 3.05) is 31.6 Å². The van der Waals surface area contributed by atoms with E-state index in [1.54, 1.807) is 37.3 Å². The van der Waals surface area contributed by atoms with Gasteiger partial charge in [-0.25, -0.2) is 14.0 Å². The highest BCUT2D eigenvalue weighted by molar-refractivity contribution is 5.97. The summed E-state index contributed by atoms with van der Waals surface area (Å²) in [6.45, 7) is 8.10. The Kier molecular flexibility index (Phi) is 6.79. The number of halogens is 1. The van der Waals surface area contributed by atoms with Crippen molar-refractivity contribution < 1.29 is 28.6 Å². The first-order chi connectivity index (χ1) is 17.3. The zero-order valence-electron chi connectivity index (χ0n) is 21.6. The Balaban J connectivity index is 1.72. The smallest absolute Gasteiger partial charge is 0.410 e. The monoisotopic (exact) mass is 514 g/mol. The molecule has 10 nitrogen and oxygen atoms in total. The Labute approximate surface area is 213 Å². The molecule has 2 aliphatic rings. The van der Waals surface area contributed by atoms with Gasteiger partial charge in [-0.15, -0.1) is 0 Å². The highest BCUT2D eigenvalue weighted by atomic mass is 19.1. The third-order valence-electron chi connectivity index (χ3n) is 6.94. The SMILES string of the molecule is CC1COc2c(N3CCC(C(CC#N)N(C)C(=O)OC(C)(C)C)C3)c(F)cc3c(=O)c(C(=O)O)cn1c23. The number of nitriles is 1. The molecule has 0 saturated carbocycles. The van der Waals surface area contributed by atoms with E-state index in [9.17, 15) is 24.8 Å². The number of hydrogen-bond acceptors (Lipinski definition) is 7. The molecule has 2 aromatic rings. The van der Waals surface area contributed by atoms with Crippen LogP contribution in [0.25, 0.3) is 10.9 Å². The Morgan fingerprint density at radius 2 is 2.11 bits per heavy atom. The highest BCUT2D eigenvalue weighted by Crippen LogP contribution is 2.44. The average Bonchev–Trinajstić information content (AvgIpc) is 3.28. The van der Waals surface area contributed by atoms with E-state index in [4.69, 9.17) is 9.47 Å². The summed E-state index contributed by atoms with van der Waals surface area (Å²) in [5, 5.41) is 18.9. The van der Waals surface area contributed by atoms with Crippen molar-refractivity contribution in [1.29, 1.82) is 5.26 Å². The van der Waals surface area contributed by atoms with Crippen molar-refractivity contribution in [1.82, 2.24) is 9.47 Å². The molecule has 1 fully saturated rings. The quantitative estimate of drug-likeness (QED) is 0.639. The van der Waals surface area contributed by atoms with Crippen LogP contribution >= 0.6 is 0 Å². The number of benzene rings is 1. The number of rotatable bonds is 5. The number of anilines is 1. The van der Waals surface area contributed by atoms with Gasteiger partial charge in [0.05, 0.1) is 35.5 Å². The Morgan fingerprint density at radius 3 is 2.73 bits per heavy atom. The van der Waals surface area contributed by atoms with Gasteiger partial charge in [-0.2, -0.15) is 5.26 Å². The number of carboxylic acid groups (broad SMARTS) is 1. The second-order valence-corrected chi connectivity index (χ2v) is 10.7. The molecular formula is C26H31FN4O6. The Bertz CT molecular complexity index is 1360. The van der Waals surface area contributed by atoms with Crippen LogP contribution in [-0.2, 0) is 4.74 Å². The zero-order chi connectivity index (χ0) is 27.2. The molecule has 4 rings (SSSR count). The van der Waals surface area contributed by atoms with Crippen LogP contribution in [0, 0.1) is 23.1 Å². The molecular weight excluding hydrogens is 483 g/mol. The van der Waals surface area contributed by atoms with Gasteiger partial charge in [0.25, 0.3) is 0 Å². The first-order valence-corrected chi connectivity index (χ1v) is 12.2. The molecule has 37 heavy (non-hydrogen) atoms. The minimum atomic E-state index is -1.37. The number of pyridine rings is 1. The number of carbonyl (C=O) groups is 2. The number of nitrogens with zero attached hydrogens (tertiary/aromatic N) is 4. The second-order valence-electron chi connectivity index (χ2n) is 10.7. The van der Waals surface area contributed by atoms with E-state index < -0.39 is 40.5 Å². The van der Waals surface area contributed by atoms with Crippen LogP contribution in [-0.4, -0.2) is 65.0 Å². The summed E-state index contributed by atoms with van der Waals surface area (Å²) in [6, 6.07) is 2.52. The van der Waals surface area contributed by atoms with Crippen LogP contribution in [0.2, 0.25) is 0 Å². The maximum absolute atomic E-state index is 15.6. The van der Waals surface area contributed by atoms with E-state index in [0.717, 1.165) is 6.07 Å². The maximum Gasteiger partial charge on any atom is 0.410 e. The predicted octanol–water partition coefficient (Wildman–Crippen LogP) is 3.77. The van der Waals surface area contributed by atoms with Crippen molar-refractivity contribution in [3.05, 3.63) is 33.9 Å². The van der Waals surface area contributed by atoms with Crippen LogP contribution in [0.3, 0.4) is 0 Å². The lowest BCUT2D eigenvalue weighted by atomic mass is 9.95. The lowest BCUT2D eigenvalue weighted by Gasteiger charge is -2.34. The van der Waals surface area contributed by atoms with E-state index in [0.29, 0.717) is 25.0 Å². The largest absolute Gasteiger partial charge is 0.487 e. The number of ether oxygens (including phenoxy) is 2. The first kappa shape index (κ1) is 26.3. The third-order valence-corrected chi connectivity index (χ3v) is 6.94. The molecule has 0 radical (unpaired) electrons.